The number of methoxy groups -OCH3 is 1. The molecule has 5 heteroatoms. The molecule has 2 N–H and O–H groups in total. The van der Waals surface area contributed by atoms with E-state index < -0.39 is 0 Å². The molecule has 0 saturated heterocycles. The van der Waals surface area contributed by atoms with Gasteiger partial charge in [0, 0.05) is 18.3 Å². The Labute approximate surface area is 120 Å². The van der Waals surface area contributed by atoms with Gasteiger partial charge in [0.05, 0.1) is 17.1 Å². The Hall–Kier alpha value is -1.59. The Morgan fingerprint density at radius 3 is 2.74 bits per heavy atom. The smallest absolute Gasteiger partial charge is 0.219 e. The van der Waals surface area contributed by atoms with Gasteiger partial charge in [-0.25, -0.2) is 4.98 Å². The zero-order chi connectivity index (χ0) is 13.7. The highest BCUT2D eigenvalue weighted by Crippen LogP contribution is 2.30. The van der Waals surface area contributed by atoms with Gasteiger partial charge in [0.1, 0.15) is 12.4 Å². The standard InChI is InChI=1S/C14H15BrN2O2/c1-18-14-11(5-3-7-17-14)9-19-13-10(8-16)4-2-6-12(13)15/h2-7H,8-9,16H2,1H3. The maximum Gasteiger partial charge on any atom is 0.219 e. The van der Waals surface area contributed by atoms with Crippen LogP contribution >= 0.6 is 15.9 Å². The number of pyridine rings is 1. The van der Waals surface area contributed by atoms with Crippen LogP contribution in [-0.2, 0) is 13.2 Å². The van der Waals surface area contributed by atoms with Crippen molar-refractivity contribution in [3.8, 4) is 11.6 Å². The average Bonchev–Trinajstić information content (AvgIpc) is 2.46. The molecule has 2 rings (SSSR count). The third kappa shape index (κ3) is 3.24. The fourth-order valence-corrected chi connectivity index (χ4v) is 2.27. The molecule has 1 aromatic heterocycles. The summed E-state index contributed by atoms with van der Waals surface area (Å²) >= 11 is 3.47. The maximum absolute atomic E-state index is 5.84. The number of aromatic nitrogens is 1. The van der Waals surface area contributed by atoms with Crippen LogP contribution in [0.4, 0.5) is 0 Å². The van der Waals surface area contributed by atoms with Gasteiger partial charge in [-0.2, -0.15) is 0 Å². The monoisotopic (exact) mass is 322 g/mol. The second kappa shape index (κ2) is 6.54. The summed E-state index contributed by atoms with van der Waals surface area (Å²) in [5.41, 5.74) is 7.55. The first-order chi connectivity index (χ1) is 9.26. The molecule has 4 nitrogen and oxygen atoms in total. The number of para-hydroxylation sites is 1. The van der Waals surface area contributed by atoms with Crippen molar-refractivity contribution in [1.29, 1.82) is 0 Å². The minimum absolute atomic E-state index is 0.382. The van der Waals surface area contributed by atoms with Gasteiger partial charge in [-0.15, -0.1) is 0 Å². The SMILES string of the molecule is COc1ncccc1COc1c(Br)cccc1CN. The Kier molecular flexibility index (Phi) is 4.76. The van der Waals surface area contributed by atoms with Crippen molar-refractivity contribution in [1.82, 2.24) is 4.98 Å². The molecule has 0 aliphatic heterocycles. The largest absolute Gasteiger partial charge is 0.487 e. The van der Waals surface area contributed by atoms with Crippen LogP contribution < -0.4 is 15.2 Å². The van der Waals surface area contributed by atoms with Gasteiger partial charge >= 0.3 is 0 Å². The van der Waals surface area contributed by atoms with Crippen molar-refractivity contribution in [2.45, 2.75) is 13.2 Å². The van der Waals surface area contributed by atoms with E-state index in [1.807, 2.05) is 30.3 Å². The van der Waals surface area contributed by atoms with E-state index in [-0.39, 0.29) is 0 Å². The van der Waals surface area contributed by atoms with Gasteiger partial charge in [0.25, 0.3) is 0 Å². The van der Waals surface area contributed by atoms with Crippen molar-refractivity contribution >= 4 is 15.9 Å². The highest BCUT2D eigenvalue weighted by Gasteiger charge is 2.09. The fourth-order valence-electron chi connectivity index (χ4n) is 1.74. The first kappa shape index (κ1) is 13.8. The van der Waals surface area contributed by atoms with E-state index in [1.54, 1.807) is 13.3 Å². The summed E-state index contributed by atoms with van der Waals surface area (Å²) < 4.78 is 11.9. The van der Waals surface area contributed by atoms with Crippen LogP contribution in [0, 0.1) is 0 Å². The number of nitrogens with two attached hydrogens (primary N) is 1. The summed E-state index contributed by atoms with van der Waals surface area (Å²) in [4.78, 5) is 4.14. The summed E-state index contributed by atoms with van der Waals surface area (Å²) in [6, 6.07) is 9.58. The molecule has 0 aliphatic carbocycles. The molecule has 0 aliphatic rings. The van der Waals surface area contributed by atoms with Crippen molar-refractivity contribution < 1.29 is 9.47 Å². The zero-order valence-corrected chi connectivity index (χ0v) is 12.2. The Morgan fingerprint density at radius 2 is 2.00 bits per heavy atom. The number of hydrogen-bond acceptors (Lipinski definition) is 4. The number of nitrogens with zero attached hydrogens (tertiary/aromatic N) is 1. The van der Waals surface area contributed by atoms with Gasteiger partial charge in [-0.05, 0) is 34.1 Å². The minimum atomic E-state index is 0.382. The van der Waals surface area contributed by atoms with Crippen molar-refractivity contribution in [2.24, 2.45) is 5.73 Å². The summed E-state index contributed by atoms with van der Waals surface area (Å²) in [6.07, 6.45) is 1.69. The highest BCUT2D eigenvalue weighted by molar-refractivity contribution is 9.10. The fraction of sp³-hybridized carbons (Fsp3) is 0.214. The number of benzene rings is 1. The average molecular weight is 323 g/mol. The summed E-state index contributed by atoms with van der Waals surface area (Å²) in [7, 11) is 1.59. The van der Waals surface area contributed by atoms with Gasteiger partial charge < -0.3 is 15.2 Å². The van der Waals surface area contributed by atoms with Crippen LogP contribution in [0.1, 0.15) is 11.1 Å². The molecule has 100 valence electrons. The normalized spacial score (nSPS) is 10.3. The summed E-state index contributed by atoms with van der Waals surface area (Å²) in [5.74, 6) is 1.33. The lowest BCUT2D eigenvalue weighted by Crippen LogP contribution is -2.04. The molecule has 0 spiro atoms. The minimum Gasteiger partial charge on any atom is -0.487 e. The van der Waals surface area contributed by atoms with Crippen LogP contribution in [-0.4, -0.2) is 12.1 Å². The van der Waals surface area contributed by atoms with E-state index >= 15 is 0 Å². The molecule has 19 heavy (non-hydrogen) atoms. The van der Waals surface area contributed by atoms with Crippen LogP contribution in [0.15, 0.2) is 41.0 Å². The summed E-state index contributed by atoms with van der Waals surface area (Å²) in [6.45, 7) is 0.811. The molecule has 2 aromatic rings. The molecule has 0 unspecified atom stereocenters. The molecule has 0 saturated carbocycles. The number of halogens is 1. The topological polar surface area (TPSA) is 57.4 Å². The third-order valence-corrected chi connectivity index (χ3v) is 3.31. The molecule has 0 radical (unpaired) electrons. The Balaban J connectivity index is 2.19. The molecule has 0 fully saturated rings. The Morgan fingerprint density at radius 1 is 1.21 bits per heavy atom. The van der Waals surface area contributed by atoms with Gasteiger partial charge in [-0.1, -0.05) is 12.1 Å². The van der Waals surface area contributed by atoms with Crippen LogP contribution in [0.5, 0.6) is 11.6 Å². The Bertz CT molecular complexity index is 561. The first-order valence-corrected chi connectivity index (χ1v) is 6.63. The van der Waals surface area contributed by atoms with E-state index in [9.17, 15) is 0 Å². The second-order valence-corrected chi connectivity index (χ2v) is 4.75. The molecule has 0 amide bonds. The molecular weight excluding hydrogens is 308 g/mol. The van der Waals surface area contributed by atoms with Crippen molar-refractivity contribution in [3.63, 3.8) is 0 Å². The number of hydrogen-bond donors (Lipinski definition) is 1. The quantitative estimate of drug-likeness (QED) is 0.919. The molecule has 0 bridgehead atoms. The molecule has 1 aromatic carbocycles. The highest BCUT2D eigenvalue weighted by atomic mass is 79.9. The van der Waals surface area contributed by atoms with Crippen molar-refractivity contribution in [2.75, 3.05) is 7.11 Å². The second-order valence-electron chi connectivity index (χ2n) is 3.89. The molecule has 1 heterocycles. The predicted molar refractivity (Wildman–Crippen MR) is 77.2 cm³/mol. The van der Waals surface area contributed by atoms with E-state index in [0.717, 1.165) is 21.3 Å². The predicted octanol–water partition coefficient (Wildman–Crippen LogP) is 2.89. The number of rotatable bonds is 5. The maximum atomic E-state index is 5.84. The molecule has 0 atom stereocenters. The van der Waals surface area contributed by atoms with Gasteiger partial charge in [0.15, 0.2) is 0 Å². The van der Waals surface area contributed by atoms with Gasteiger partial charge in [-0.3, -0.25) is 0 Å². The first-order valence-electron chi connectivity index (χ1n) is 5.84. The lowest BCUT2D eigenvalue weighted by molar-refractivity contribution is 0.289. The van der Waals surface area contributed by atoms with Gasteiger partial charge in [0.2, 0.25) is 5.88 Å². The third-order valence-electron chi connectivity index (χ3n) is 2.68. The molecular formula is C14H15BrN2O2. The van der Waals surface area contributed by atoms with E-state index in [0.29, 0.717) is 19.0 Å². The van der Waals surface area contributed by atoms with Crippen LogP contribution in [0.3, 0.4) is 0 Å². The summed E-state index contributed by atoms with van der Waals surface area (Å²) in [5, 5.41) is 0. The van der Waals surface area contributed by atoms with E-state index in [2.05, 4.69) is 20.9 Å². The van der Waals surface area contributed by atoms with E-state index in [4.69, 9.17) is 15.2 Å². The van der Waals surface area contributed by atoms with E-state index in [1.165, 1.54) is 0 Å². The van der Waals surface area contributed by atoms with Crippen molar-refractivity contribution in [3.05, 3.63) is 52.1 Å². The van der Waals surface area contributed by atoms with Crippen LogP contribution in [0.2, 0.25) is 0 Å². The van der Waals surface area contributed by atoms with Crippen LogP contribution in [0.25, 0.3) is 0 Å². The lowest BCUT2D eigenvalue weighted by Gasteiger charge is -2.13. The number of ether oxygens (including phenoxy) is 2. The zero-order valence-electron chi connectivity index (χ0n) is 10.6. The lowest BCUT2D eigenvalue weighted by atomic mass is 10.2.